The van der Waals surface area contributed by atoms with E-state index < -0.39 is 34.0 Å². The highest BCUT2D eigenvalue weighted by molar-refractivity contribution is 7.88. The Hall–Kier alpha value is -2.62. The van der Waals surface area contributed by atoms with Gasteiger partial charge < -0.3 is 11.1 Å². The summed E-state index contributed by atoms with van der Waals surface area (Å²) < 4.78 is 23.8. The number of benzene rings is 1. The predicted octanol–water partition coefficient (Wildman–Crippen LogP) is 0.00990. The quantitative estimate of drug-likeness (QED) is 0.786. The van der Waals surface area contributed by atoms with Crippen LogP contribution in [0.2, 0.25) is 0 Å². The molecule has 9 nitrogen and oxygen atoms in total. The fourth-order valence-corrected chi connectivity index (χ4v) is 3.20. The lowest BCUT2D eigenvalue weighted by Crippen LogP contribution is -2.56. The molecule has 0 aromatic heterocycles. The molecule has 24 heavy (non-hydrogen) atoms. The molecule has 5 amide bonds. The molecular formula is C14H18N4O5S. The minimum Gasteiger partial charge on any atom is -0.368 e. The zero-order valence-electron chi connectivity index (χ0n) is 13.0. The van der Waals surface area contributed by atoms with Crippen molar-refractivity contribution in [3.8, 4) is 0 Å². The van der Waals surface area contributed by atoms with Crippen molar-refractivity contribution in [1.82, 2.24) is 14.5 Å². The molecule has 3 N–H and O–H groups in total. The fourth-order valence-electron chi connectivity index (χ4n) is 2.36. The third-order valence-electron chi connectivity index (χ3n) is 3.52. The summed E-state index contributed by atoms with van der Waals surface area (Å²) in [5.41, 5.74) is 5.78. The number of hydrogen-bond acceptors (Lipinski definition) is 5. The van der Waals surface area contributed by atoms with Gasteiger partial charge in [-0.2, -0.15) is 0 Å². The highest BCUT2D eigenvalue weighted by Crippen LogP contribution is 2.16. The molecule has 0 bridgehead atoms. The van der Waals surface area contributed by atoms with Crippen LogP contribution in [0.25, 0.3) is 0 Å². The van der Waals surface area contributed by atoms with Crippen molar-refractivity contribution in [1.29, 1.82) is 0 Å². The molecule has 2 rings (SSSR count). The highest BCUT2D eigenvalue weighted by Gasteiger charge is 2.36. The average Bonchev–Trinajstić information content (AvgIpc) is 2.52. The Morgan fingerprint density at radius 1 is 1.21 bits per heavy atom. The lowest BCUT2D eigenvalue weighted by Gasteiger charge is -2.33. The first-order chi connectivity index (χ1) is 11.2. The largest absolute Gasteiger partial charge is 0.368 e. The van der Waals surface area contributed by atoms with Crippen LogP contribution in [-0.4, -0.2) is 54.9 Å². The van der Waals surface area contributed by atoms with E-state index in [-0.39, 0.29) is 13.1 Å². The number of nitrogens with two attached hydrogens (primary N) is 1. The number of rotatable bonds is 4. The van der Waals surface area contributed by atoms with Gasteiger partial charge in [-0.3, -0.25) is 4.79 Å². The molecule has 1 aliphatic rings. The van der Waals surface area contributed by atoms with E-state index in [0.717, 1.165) is 11.2 Å². The molecule has 1 saturated heterocycles. The number of amides is 5. The summed E-state index contributed by atoms with van der Waals surface area (Å²) in [5, 5.41) is 2.38. The Labute approximate surface area is 139 Å². The molecule has 1 atom stereocenters. The predicted molar refractivity (Wildman–Crippen MR) is 85.2 cm³/mol. The molecule has 1 fully saturated rings. The van der Waals surface area contributed by atoms with Gasteiger partial charge in [0.25, 0.3) is 0 Å². The van der Waals surface area contributed by atoms with E-state index in [0.29, 0.717) is 16.3 Å². The van der Waals surface area contributed by atoms with E-state index in [4.69, 9.17) is 5.73 Å². The molecule has 10 heteroatoms. The molecule has 130 valence electrons. The van der Waals surface area contributed by atoms with Gasteiger partial charge in [0.05, 0.1) is 6.26 Å². The van der Waals surface area contributed by atoms with E-state index in [1.54, 1.807) is 30.3 Å². The van der Waals surface area contributed by atoms with Crippen molar-refractivity contribution in [3.05, 3.63) is 35.9 Å². The lowest BCUT2D eigenvalue weighted by molar-refractivity contribution is -0.120. The Morgan fingerprint density at radius 3 is 2.38 bits per heavy atom. The number of primary amides is 1. The maximum Gasteiger partial charge on any atom is 0.341 e. The number of imide groups is 1. The molecular weight excluding hydrogens is 336 g/mol. The summed E-state index contributed by atoms with van der Waals surface area (Å²) in [5.74, 6) is -0.793. The van der Waals surface area contributed by atoms with Gasteiger partial charge in [-0.05, 0) is 12.0 Å². The van der Waals surface area contributed by atoms with Crippen LogP contribution in [0.4, 0.5) is 9.59 Å². The Balaban J connectivity index is 2.18. The van der Waals surface area contributed by atoms with Crippen LogP contribution in [0.5, 0.6) is 0 Å². The normalized spacial score (nSPS) is 16.6. The van der Waals surface area contributed by atoms with Crippen LogP contribution >= 0.6 is 0 Å². The summed E-state index contributed by atoms with van der Waals surface area (Å²) in [4.78, 5) is 36.9. The average molecular weight is 354 g/mol. The monoisotopic (exact) mass is 354 g/mol. The number of hydrogen-bond donors (Lipinski definition) is 2. The van der Waals surface area contributed by atoms with E-state index in [1.165, 1.54) is 0 Å². The van der Waals surface area contributed by atoms with Gasteiger partial charge in [-0.25, -0.2) is 27.2 Å². The second kappa shape index (κ2) is 6.87. The fraction of sp³-hybridized carbons (Fsp3) is 0.357. The summed E-state index contributed by atoms with van der Waals surface area (Å²) in [7, 11) is -3.77. The molecule has 0 saturated carbocycles. The Kier molecular flexibility index (Phi) is 5.07. The lowest BCUT2D eigenvalue weighted by atomic mass is 10.1. The van der Waals surface area contributed by atoms with Crippen molar-refractivity contribution >= 4 is 28.0 Å². The van der Waals surface area contributed by atoms with Crippen molar-refractivity contribution in [3.63, 3.8) is 0 Å². The van der Waals surface area contributed by atoms with E-state index in [2.05, 4.69) is 5.32 Å². The van der Waals surface area contributed by atoms with Gasteiger partial charge in [0, 0.05) is 13.1 Å². The molecule has 0 aliphatic carbocycles. The van der Waals surface area contributed by atoms with Crippen LogP contribution in [0.1, 0.15) is 18.0 Å². The minimum absolute atomic E-state index is 0.0133. The first-order valence-corrected chi connectivity index (χ1v) is 9.00. The zero-order valence-corrected chi connectivity index (χ0v) is 13.8. The summed E-state index contributed by atoms with van der Waals surface area (Å²) >= 11 is 0. The molecule has 1 aromatic rings. The summed E-state index contributed by atoms with van der Waals surface area (Å²) in [6, 6.07) is 5.36. The number of sulfonamides is 1. The molecule has 0 spiro atoms. The van der Waals surface area contributed by atoms with Crippen molar-refractivity contribution in [2.75, 3.05) is 19.3 Å². The van der Waals surface area contributed by atoms with Gasteiger partial charge in [0.15, 0.2) is 0 Å². The van der Waals surface area contributed by atoms with Crippen LogP contribution in [0.15, 0.2) is 30.3 Å². The number of carbonyl (C=O) groups is 3. The first kappa shape index (κ1) is 17.7. The highest BCUT2D eigenvalue weighted by atomic mass is 32.2. The number of nitrogens with zero attached hydrogens (tertiary/aromatic N) is 2. The third kappa shape index (κ3) is 3.82. The van der Waals surface area contributed by atoms with E-state index in [9.17, 15) is 22.8 Å². The number of carbonyl (C=O) groups excluding carboxylic acids is 3. The maximum absolute atomic E-state index is 12.3. The molecule has 1 heterocycles. The van der Waals surface area contributed by atoms with Crippen LogP contribution in [0.3, 0.4) is 0 Å². The van der Waals surface area contributed by atoms with E-state index in [1.807, 2.05) is 0 Å². The van der Waals surface area contributed by atoms with Gasteiger partial charge in [-0.1, -0.05) is 30.3 Å². The molecule has 1 aliphatic heterocycles. The number of nitrogens with one attached hydrogen (secondary N) is 1. The van der Waals surface area contributed by atoms with Crippen molar-refractivity contribution in [2.45, 2.75) is 12.5 Å². The molecule has 1 aromatic carbocycles. The van der Waals surface area contributed by atoms with Crippen LogP contribution < -0.4 is 11.1 Å². The van der Waals surface area contributed by atoms with Gasteiger partial charge in [0.2, 0.25) is 15.9 Å². The van der Waals surface area contributed by atoms with Gasteiger partial charge in [0.1, 0.15) is 6.04 Å². The molecule has 0 radical (unpaired) electrons. The van der Waals surface area contributed by atoms with Crippen molar-refractivity contribution < 1.29 is 22.8 Å². The third-order valence-corrected chi connectivity index (χ3v) is 4.66. The first-order valence-electron chi connectivity index (χ1n) is 7.16. The molecule has 1 unspecified atom stereocenters. The minimum atomic E-state index is -3.77. The summed E-state index contributed by atoms with van der Waals surface area (Å²) in [6.07, 6.45) is 1.20. The number of urea groups is 2. The Morgan fingerprint density at radius 2 is 1.83 bits per heavy atom. The zero-order chi connectivity index (χ0) is 17.9. The van der Waals surface area contributed by atoms with Crippen LogP contribution in [-0.2, 0) is 14.8 Å². The SMILES string of the molecule is CS(=O)(=O)N1CCCN(C(=O)NC(C(N)=O)c2ccccc2)C1=O. The van der Waals surface area contributed by atoms with Crippen molar-refractivity contribution in [2.24, 2.45) is 5.73 Å². The maximum atomic E-state index is 12.3. The second-order valence-electron chi connectivity index (χ2n) is 5.32. The standard InChI is InChI=1S/C14H18N4O5S/c1-24(22,23)18-9-5-8-17(14(18)21)13(20)16-11(12(15)19)10-6-3-2-4-7-10/h2-4,6-7,11H,5,8-9H2,1H3,(H2,15,19)(H,16,20). The van der Waals surface area contributed by atoms with E-state index >= 15 is 0 Å². The van der Waals surface area contributed by atoms with Gasteiger partial charge in [-0.15, -0.1) is 0 Å². The topological polar surface area (TPSA) is 130 Å². The van der Waals surface area contributed by atoms with Crippen LogP contribution in [0, 0.1) is 0 Å². The van der Waals surface area contributed by atoms with Gasteiger partial charge >= 0.3 is 12.1 Å². The smallest absolute Gasteiger partial charge is 0.341 e. The summed E-state index contributed by atoms with van der Waals surface area (Å²) in [6.45, 7) is 0.0658. The second-order valence-corrected chi connectivity index (χ2v) is 7.23. The Bertz CT molecular complexity index is 750.